The average molecular weight is 931 g/mol. The summed E-state index contributed by atoms with van der Waals surface area (Å²) in [7, 11) is 0. The molecule has 73 heavy (non-hydrogen) atoms. The van der Waals surface area contributed by atoms with Gasteiger partial charge in [0.15, 0.2) is 0 Å². The summed E-state index contributed by atoms with van der Waals surface area (Å²) in [4.78, 5) is 24.6. The van der Waals surface area contributed by atoms with Crippen LogP contribution in [-0.2, 0) is 0 Å². The van der Waals surface area contributed by atoms with E-state index in [1.165, 1.54) is 0 Å². The second kappa shape index (κ2) is 17.5. The minimum Gasteiger partial charge on any atom is -0.292 e. The lowest BCUT2D eigenvalue weighted by molar-refractivity contribution is 1.10. The molecule has 0 spiro atoms. The summed E-state index contributed by atoms with van der Waals surface area (Å²) in [6, 6.07) is 73.7. The molecule has 0 fully saturated rings. The van der Waals surface area contributed by atoms with Gasteiger partial charge in [0.2, 0.25) is 0 Å². The quantitative estimate of drug-likeness (QED) is 0.152. The van der Waals surface area contributed by atoms with E-state index < -0.39 is 0 Å². The van der Waals surface area contributed by atoms with E-state index in [4.69, 9.17) is 24.9 Å². The maximum atomic E-state index is 5.46. The smallest absolute Gasteiger partial charge is 0.145 e. The highest BCUT2D eigenvalue weighted by molar-refractivity contribution is 6.03. The summed E-state index contributed by atoms with van der Waals surface area (Å²) in [5, 5.41) is 8.89. The summed E-state index contributed by atoms with van der Waals surface area (Å²) in [5.41, 5.74) is 16.6. The van der Waals surface area contributed by atoms with Crippen molar-refractivity contribution in [3.05, 3.63) is 256 Å². The van der Waals surface area contributed by atoms with Crippen molar-refractivity contribution in [2.75, 3.05) is 0 Å². The van der Waals surface area contributed by atoms with Crippen LogP contribution in [0.5, 0.6) is 0 Å². The van der Waals surface area contributed by atoms with E-state index >= 15 is 0 Å². The Morgan fingerprint density at radius 1 is 0.260 bits per heavy atom. The van der Waals surface area contributed by atoms with Crippen molar-refractivity contribution < 1.29 is 0 Å². The zero-order valence-corrected chi connectivity index (χ0v) is 39.4. The Kier molecular flexibility index (Phi) is 10.1. The lowest BCUT2D eigenvalue weighted by Gasteiger charge is -2.17. The van der Waals surface area contributed by atoms with E-state index in [-0.39, 0.29) is 0 Å². The number of hydrogen-bond acceptors (Lipinski definition) is 5. The third kappa shape index (κ3) is 7.48. The summed E-state index contributed by atoms with van der Waals surface area (Å²) >= 11 is 0. The number of nitrogens with zero attached hydrogens (tertiary/aromatic N) is 6. The predicted octanol–water partition coefficient (Wildman–Crippen LogP) is 16.9. The van der Waals surface area contributed by atoms with Crippen LogP contribution in [0.25, 0.3) is 138 Å². The van der Waals surface area contributed by atoms with Gasteiger partial charge in [0, 0.05) is 105 Å². The van der Waals surface area contributed by atoms with Crippen molar-refractivity contribution in [3.8, 4) is 83.8 Å². The summed E-state index contributed by atoms with van der Waals surface area (Å²) in [6.45, 7) is 0. The molecule has 9 aromatic carbocycles. The monoisotopic (exact) mass is 930 g/mol. The average Bonchev–Trinajstić information content (AvgIpc) is 3.86. The Balaban J connectivity index is 1.08. The normalized spacial score (nSPS) is 11.6. The highest BCUT2D eigenvalue weighted by atomic mass is 15.1. The molecule has 0 amide bonds. The third-order valence-electron chi connectivity index (χ3n) is 14.2. The molecule has 0 radical (unpaired) electrons. The summed E-state index contributed by atoms with van der Waals surface area (Å²) < 4.78 is 2.29. The minimum absolute atomic E-state index is 0.844. The van der Waals surface area contributed by atoms with Gasteiger partial charge in [-0.15, -0.1) is 0 Å². The molecule has 14 rings (SSSR count). The van der Waals surface area contributed by atoms with Crippen molar-refractivity contribution in [2.45, 2.75) is 0 Å². The zero-order valence-electron chi connectivity index (χ0n) is 39.4. The van der Waals surface area contributed by atoms with E-state index in [1.807, 2.05) is 49.6 Å². The SMILES string of the molecule is c1ccc(-n2c(-c3cc(-c4cc(-c5cncc6ccccc56)cc(-c5cncc6ccccc56)c4)cc(-c4cc(-c5cncc6ccccc56)cc(-c5cncc6ccccc56)c4)c3)nc3ccccc32)cc1. The van der Waals surface area contributed by atoms with Gasteiger partial charge < -0.3 is 0 Å². The van der Waals surface area contributed by atoms with Crippen LogP contribution < -0.4 is 0 Å². The van der Waals surface area contributed by atoms with Crippen LogP contribution in [0.4, 0.5) is 0 Å². The van der Waals surface area contributed by atoms with Gasteiger partial charge >= 0.3 is 0 Å². The van der Waals surface area contributed by atoms with Gasteiger partial charge in [0.25, 0.3) is 0 Å². The van der Waals surface area contributed by atoms with Crippen LogP contribution in [0.2, 0.25) is 0 Å². The number of pyridine rings is 4. The van der Waals surface area contributed by atoms with Crippen molar-refractivity contribution >= 4 is 54.1 Å². The molecule has 0 aliphatic carbocycles. The minimum atomic E-state index is 0.844. The lowest BCUT2D eigenvalue weighted by atomic mass is 9.88. The molecular formula is C67H42N6. The van der Waals surface area contributed by atoms with Crippen LogP contribution in [0.1, 0.15) is 0 Å². The van der Waals surface area contributed by atoms with Crippen molar-refractivity contribution in [2.24, 2.45) is 0 Å². The summed E-state index contributed by atoms with van der Waals surface area (Å²) in [6.07, 6.45) is 15.7. The fraction of sp³-hybridized carbons (Fsp3) is 0. The predicted molar refractivity (Wildman–Crippen MR) is 300 cm³/mol. The number of para-hydroxylation sites is 3. The number of imidazole rings is 1. The Morgan fingerprint density at radius 2 is 0.575 bits per heavy atom. The van der Waals surface area contributed by atoms with Crippen LogP contribution in [0, 0.1) is 0 Å². The van der Waals surface area contributed by atoms with E-state index in [1.54, 1.807) is 0 Å². The van der Waals surface area contributed by atoms with Crippen LogP contribution >= 0.6 is 0 Å². The molecule has 14 aromatic rings. The van der Waals surface area contributed by atoms with Crippen LogP contribution in [0.3, 0.4) is 0 Å². The number of aromatic nitrogens is 6. The molecule has 5 heterocycles. The first kappa shape index (κ1) is 42.0. The zero-order chi connectivity index (χ0) is 48.2. The first-order valence-corrected chi connectivity index (χ1v) is 24.5. The molecule has 0 N–H and O–H groups in total. The second-order valence-electron chi connectivity index (χ2n) is 18.6. The highest BCUT2D eigenvalue weighted by Gasteiger charge is 2.20. The molecule has 0 saturated carbocycles. The largest absolute Gasteiger partial charge is 0.292 e. The highest BCUT2D eigenvalue weighted by Crippen LogP contribution is 2.43. The molecule has 6 heteroatoms. The Morgan fingerprint density at radius 3 is 0.986 bits per heavy atom. The van der Waals surface area contributed by atoms with Crippen molar-refractivity contribution in [1.82, 2.24) is 29.5 Å². The number of benzene rings is 9. The van der Waals surface area contributed by atoms with Crippen LogP contribution in [0.15, 0.2) is 256 Å². The fourth-order valence-electron chi connectivity index (χ4n) is 10.7. The van der Waals surface area contributed by atoms with E-state index in [9.17, 15) is 0 Å². The number of rotatable bonds is 8. The fourth-order valence-corrected chi connectivity index (χ4v) is 10.7. The Hall–Kier alpha value is -9.91. The van der Waals surface area contributed by atoms with Crippen molar-refractivity contribution in [3.63, 3.8) is 0 Å². The van der Waals surface area contributed by atoms with Gasteiger partial charge in [-0.3, -0.25) is 24.5 Å². The molecule has 0 atom stereocenters. The number of hydrogen-bond donors (Lipinski definition) is 0. The van der Waals surface area contributed by atoms with Crippen molar-refractivity contribution in [1.29, 1.82) is 0 Å². The molecule has 0 unspecified atom stereocenters. The molecule has 0 bridgehead atoms. The molecule has 0 saturated heterocycles. The number of fused-ring (bicyclic) bond motifs is 5. The maximum absolute atomic E-state index is 5.46. The molecular weight excluding hydrogens is 889 g/mol. The van der Waals surface area contributed by atoms with Gasteiger partial charge in [-0.1, -0.05) is 127 Å². The van der Waals surface area contributed by atoms with E-state index in [2.05, 4.69) is 211 Å². The van der Waals surface area contributed by atoms with Gasteiger partial charge in [-0.05, 0) is 145 Å². The maximum Gasteiger partial charge on any atom is 0.145 e. The van der Waals surface area contributed by atoms with E-state index in [0.717, 1.165) is 138 Å². The molecule has 0 aliphatic heterocycles. The van der Waals surface area contributed by atoms with Gasteiger partial charge in [-0.25, -0.2) is 4.98 Å². The Labute approximate surface area is 421 Å². The van der Waals surface area contributed by atoms with Gasteiger partial charge in [0.1, 0.15) is 5.82 Å². The van der Waals surface area contributed by atoms with Crippen LogP contribution in [-0.4, -0.2) is 29.5 Å². The van der Waals surface area contributed by atoms with Gasteiger partial charge in [0.05, 0.1) is 11.0 Å². The second-order valence-corrected chi connectivity index (χ2v) is 18.6. The van der Waals surface area contributed by atoms with Gasteiger partial charge in [-0.2, -0.15) is 0 Å². The Bertz CT molecular complexity index is 4020. The molecule has 5 aromatic heterocycles. The third-order valence-corrected chi connectivity index (χ3v) is 14.2. The first-order chi connectivity index (χ1) is 36.2. The first-order valence-electron chi connectivity index (χ1n) is 24.5. The standard InChI is InChI=1S/C67H42N6/c1-2-18-56(19-3-1)73-66-25-13-12-24-65(66)72-67(73)55-31-47(49-27-51(61-39-68-35-43-14-4-8-20-57(43)61)33-52(28-49)62-40-69-36-44-15-5-9-21-58(44)62)26-48(32-55)50-29-53(63-41-70-37-45-16-6-10-22-59(45)63)34-54(30-50)64-42-71-38-46-17-7-11-23-60(46)64/h1-42H. The molecule has 340 valence electrons. The molecule has 6 nitrogen and oxygen atoms in total. The lowest BCUT2D eigenvalue weighted by Crippen LogP contribution is -1.98. The molecule has 0 aliphatic rings. The summed E-state index contributed by atoms with van der Waals surface area (Å²) in [5.74, 6) is 0.844. The van der Waals surface area contributed by atoms with E-state index in [0.29, 0.717) is 0 Å². The topological polar surface area (TPSA) is 69.4 Å².